The molecule has 0 amide bonds. The fourth-order valence-corrected chi connectivity index (χ4v) is 1.63. The third-order valence-electron chi connectivity index (χ3n) is 2.48. The Morgan fingerprint density at radius 1 is 1.20 bits per heavy atom. The van der Waals surface area contributed by atoms with Crippen LogP contribution in [0.2, 0.25) is 0 Å². The lowest BCUT2D eigenvalue weighted by Gasteiger charge is -2.00. The van der Waals surface area contributed by atoms with Gasteiger partial charge in [-0.2, -0.15) is 0 Å². The molecule has 0 aliphatic carbocycles. The largest absolute Gasteiger partial charge is 0.462 e. The van der Waals surface area contributed by atoms with E-state index in [4.69, 9.17) is 4.74 Å². The Labute approximate surface area is 123 Å². The lowest BCUT2D eigenvalue weighted by Crippen LogP contribution is -2.05. The van der Waals surface area contributed by atoms with Crippen LogP contribution < -0.4 is 0 Å². The molecule has 0 fully saturated rings. The second-order valence-electron chi connectivity index (χ2n) is 3.95. The van der Waals surface area contributed by atoms with Crippen LogP contribution in [0.1, 0.15) is 28.5 Å². The first kappa shape index (κ1) is 14.2. The Hall–Kier alpha value is -2.25. The summed E-state index contributed by atoms with van der Waals surface area (Å²) in [5.41, 5.74) is 1.92. The molecule has 20 heavy (non-hydrogen) atoms. The van der Waals surface area contributed by atoms with Gasteiger partial charge in [0.15, 0.2) is 0 Å². The molecule has 1 aromatic heterocycles. The van der Waals surface area contributed by atoms with Gasteiger partial charge in [0.1, 0.15) is 5.69 Å². The van der Waals surface area contributed by atoms with E-state index in [0.29, 0.717) is 17.9 Å². The van der Waals surface area contributed by atoms with E-state index in [9.17, 15) is 4.79 Å². The van der Waals surface area contributed by atoms with E-state index < -0.39 is 0 Å². The molecule has 2 aromatic rings. The number of hydrogen-bond donors (Lipinski definition) is 1. The first-order valence-electron chi connectivity index (χ1n) is 6.13. The normalized spacial score (nSPS) is 9.50. The van der Waals surface area contributed by atoms with Crippen molar-refractivity contribution in [1.82, 2.24) is 4.98 Å². The molecule has 3 nitrogen and oxygen atoms in total. The van der Waals surface area contributed by atoms with E-state index in [1.165, 1.54) is 6.20 Å². The number of carbonyl (C=O) groups excluding carboxylic acids is 1. The molecule has 100 valence electrons. The zero-order chi connectivity index (χ0) is 14.4. The molecule has 4 heteroatoms. The molecule has 1 aromatic carbocycles. The maximum absolute atomic E-state index is 11.5. The zero-order valence-corrected chi connectivity index (χ0v) is 11.9. The average molecular weight is 283 g/mol. The van der Waals surface area contributed by atoms with E-state index in [-0.39, 0.29) is 5.97 Å². The molecule has 1 heterocycles. The van der Waals surface area contributed by atoms with Gasteiger partial charge in [-0.3, -0.25) is 0 Å². The van der Waals surface area contributed by atoms with Crippen molar-refractivity contribution in [2.24, 2.45) is 0 Å². The predicted molar refractivity (Wildman–Crippen MR) is 79.9 cm³/mol. The second kappa shape index (κ2) is 6.78. The summed E-state index contributed by atoms with van der Waals surface area (Å²) in [4.78, 5) is 16.5. The second-order valence-corrected chi connectivity index (χ2v) is 4.47. The maximum atomic E-state index is 11.5. The number of carbonyl (C=O) groups is 1. The topological polar surface area (TPSA) is 39.2 Å². The van der Waals surface area contributed by atoms with Crippen molar-refractivity contribution in [2.45, 2.75) is 11.8 Å². The van der Waals surface area contributed by atoms with Gasteiger partial charge < -0.3 is 4.74 Å². The summed E-state index contributed by atoms with van der Waals surface area (Å²) in [5, 5.41) is 0. The molecule has 0 N–H and O–H groups in total. The summed E-state index contributed by atoms with van der Waals surface area (Å²) in [6.07, 6.45) is 1.47. The molecular weight excluding hydrogens is 270 g/mol. The van der Waals surface area contributed by atoms with Gasteiger partial charge in [0, 0.05) is 16.7 Å². The Morgan fingerprint density at radius 2 is 1.95 bits per heavy atom. The highest BCUT2D eigenvalue weighted by Crippen LogP contribution is 2.07. The van der Waals surface area contributed by atoms with Crippen molar-refractivity contribution in [1.29, 1.82) is 0 Å². The highest BCUT2D eigenvalue weighted by Gasteiger charge is 2.05. The number of esters is 1. The molecule has 0 saturated carbocycles. The molecule has 0 atom stereocenters. The summed E-state index contributed by atoms with van der Waals surface area (Å²) < 4.78 is 4.89. The fraction of sp³-hybridized carbons (Fsp3) is 0.125. The molecular formula is C16H13NO2S. The highest BCUT2D eigenvalue weighted by molar-refractivity contribution is 7.80. The van der Waals surface area contributed by atoms with Crippen molar-refractivity contribution in [3.8, 4) is 11.8 Å². The number of ether oxygens (including phenoxy) is 1. The average Bonchev–Trinajstić information content (AvgIpc) is 2.47. The van der Waals surface area contributed by atoms with Crippen molar-refractivity contribution >= 4 is 18.6 Å². The van der Waals surface area contributed by atoms with Crippen LogP contribution in [0.4, 0.5) is 0 Å². The first-order valence-corrected chi connectivity index (χ1v) is 6.58. The SMILES string of the molecule is CCOC(=O)c1ccc(C#Cc2ccc(S)cc2)nc1. The number of thiol groups is 1. The number of pyridine rings is 1. The van der Waals surface area contributed by atoms with E-state index in [2.05, 4.69) is 29.5 Å². The Balaban J connectivity index is 2.11. The van der Waals surface area contributed by atoms with Crippen LogP contribution >= 0.6 is 12.6 Å². The Bertz CT molecular complexity index is 652. The van der Waals surface area contributed by atoms with Crippen molar-refractivity contribution < 1.29 is 9.53 Å². The molecule has 0 saturated heterocycles. The van der Waals surface area contributed by atoms with Crippen LogP contribution in [0.5, 0.6) is 0 Å². The van der Waals surface area contributed by atoms with Crippen LogP contribution in [0, 0.1) is 11.8 Å². The number of aromatic nitrogens is 1. The third-order valence-corrected chi connectivity index (χ3v) is 2.77. The van der Waals surface area contributed by atoms with Gasteiger partial charge in [0.05, 0.1) is 12.2 Å². The van der Waals surface area contributed by atoms with Gasteiger partial charge in [-0.05, 0) is 49.2 Å². The van der Waals surface area contributed by atoms with E-state index in [1.54, 1.807) is 19.1 Å². The van der Waals surface area contributed by atoms with E-state index in [1.807, 2.05) is 24.3 Å². The predicted octanol–water partition coefficient (Wildman–Crippen LogP) is 2.95. The maximum Gasteiger partial charge on any atom is 0.339 e. The standard InChI is InChI=1S/C16H13NO2S/c1-2-19-16(18)13-6-8-14(17-11-13)7-3-12-4-9-15(20)10-5-12/h4-6,8-11,20H,2H2,1H3. The van der Waals surface area contributed by atoms with Crippen LogP contribution in [0.15, 0.2) is 47.5 Å². The number of benzene rings is 1. The monoisotopic (exact) mass is 283 g/mol. The summed E-state index contributed by atoms with van der Waals surface area (Å²) in [6, 6.07) is 10.9. The van der Waals surface area contributed by atoms with Gasteiger partial charge in [0.25, 0.3) is 0 Å². The smallest absolute Gasteiger partial charge is 0.339 e. The van der Waals surface area contributed by atoms with Gasteiger partial charge in [-0.15, -0.1) is 12.6 Å². The number of hydrogen-bond acceptors (Lipinski definition) is 4. The van der Waals surface area contributed by atoms with Gasteiger partial charge in [0.2, 0.25) is 0 Å². The molecule has 0 bridgehead atoms. The quantitative estimate of drug-likeness (QED) is 0.523. The first-order chi connectivity index (χ1) is 9.69. The summed E-state index contributed by atoms with van der Waals surface area (Å²) in [5.74, 6) is 5.57. The summed E-state index contributed by atoms with van der Waals surface area (Å²) in [6.45, 7) is 2.11. The molecule has 0 radical (unpaired) electrons. The molecule has 0 aliphatic rings. The van der Waals surface area contributed by atoms with Gasteiger partial charge >= 0.3 is 5.97 Å². The van der Waals surface area contributed by atoms with Crippen LogP contribution in [-0.2, 0) is 4.74 Å². The minimum absolute atomic E-state index is 0.349. The zero-order valence-electron chi connectivity index (χ0n) is 11.0. The lowest BCUT2D eigenvalue weighted by molar-refractivity contribution is 0.0526. The molecule has 2 rings (SSSR count). The number of nitrogens with zero attached hydrogens (tertiary/aromatic N) is 1. The van der Waals surface area contributed by atoms with Gasteiger partial charge in [-0.1, -0.05) is 5.92 Å². The van der Waals surface area contributed by atoms with Crippen LogP contribution in [-0.4, -0.2) is 17.6 Å². The number of rotatable bonds is 2. The highest BCUT2D eigenvalue weighted by atomic mass is 32.1. The van der Waals surface area contributed by atoms with Crippen LogP contribution in [0.25, 0.3) is 0 Å². The molecule has 0 spiro atoms. The minimum atomic E-state index is -0.371. The summed E-state index contributed by atoms with van der Waals surface area (Å²) >= 11 is 4.21. The van der Waals surface area contributed by atoms with Crippen molar-refractivity contribution in [3.05, 3.63) is 59.4 Å². The van der Waals surface area contributed by atoms with Crippen LogP contribution in [0.3, 0.4) is 0 Å². The van der Waals surface area contributed by atoms with Crippen molar-refractivity contribution in [3.63, 3.8) is 0 Å². The Morgan fingerprint density at radius 3 is 2.55 bits per heavy atom. The molecule has 0 aliphatic heterocycles. The van der Waals surface area contributed by atoms with E-state index in [0.717, 1.165) is 10.5 Å². The Kier molecular flexibility index (Phi) is 4.80. The van der Waals surface area contributed by atoms with E-state index >= 15 is 0 Å². The lowest BCUT2D eigenvalue weighted by atomic mass is 10.2. The fourth-order valence-electron chi connectivity index (χ4n) is 1.48. The third kappa shape index (κ3) is 3.87. The van der Waals surface area contributed by atoms with Gasteiger partial charge in [-0.25, -0.2) is 9.78 Å². The summed E-state index contributed by atoms with van der Waals surface area (Å²) in [7, 11) is 0. The van der Waals surface area contributed by atoms with Crippen molar-refractivity contribution in [2.75, 3.05) is 6.61 Å². The molecule has 0 unspecified atom stereocenters. The minimum Gasteiger partial charge on any atom is -0.462 e.